The zero-order chi connectivity index (χ0) is 15.3. The first-order chi connectivity index (χ1) is 9.24. The van der Waals surface area contributed by atoms with Crippen molar-refractivity contribution >= 4 is 12.0 Å². The van der Waals surface area contributed by atoms with Crippen molar-refractivity contribution in [2.45, 2.75) is 46.2 Å². The summed E-state index contributed by atoms with van der Waals surface area (Å²) >= 11 is 0. The molecule has 1 saturated heterocycles. The Bertz CT molecular complexity index is 344. The molecular weight excluding hydrogens is 258 g/mol. The molecule has 0 aromatic rings. The SMILES string of the molecule is CCOC(=O)N1CC[NH+]([C@H](C)C(=O)NC(C)(C)C)CC1. The topological polar surface area (TPSA) is 63.1 Å². The largest absolute Gasteiger partial charge is 0.450 e. The second-order valence-electron chi connectivity index (χ2n) is 6.31. The van der Waals surface area contributed by atoms with Gasteiger partial charge in [-0.15, -0.1) is 0 Å². The van der Waals surface area contributed by atoms with Gasteiger partial charge in [-0.1, -0.05) is 0 Å². The van der Waals surface area contributed by atoms with Gasteiger partial charge >= 0.3 is 6.09 Å². The molecule has 1 aliphatic heterocycles. The lowest BCUT2D eigenvalue weighted by molar-refractivity contribution is -0.918. The second kappa shape index (κ2) is 6.92. The van der Waals surface area contributed by atoms with Gasteiger partial charge in [0.25, 0.3) is 5.91 Å². The van der Waals surface area contributed by atoms with E-state index in [0.717, 1.165) is 13.1 Å². The monoisotopic (exact) mass is 286 g/mol. The third kappa shape index (κ3) is 5.00. The lowest BCUT2D eigenvalue weighted by Gasteiger charge is -2.35. The summed E-state index contributed by atoms with van der Waals surface area (Å²) in [6.07, 6.45) is -0.252. The summed E-state index contributed by atoms with van der Waals surface area (Å²) in [4.78, 5) is 26.7. The average molecular weight is 286 g/mol. The van der Waals surface area contributed by atoms with Gasteiger partial charge in [0.05, 0.1) is 32.8 Å². The van der Waals surface area contributed by atoms with Crippen LogP contribution in [-0.4, -0.2) is 61.3 Å². The van der Waals surface area contributed by atoms with Crippen LogP contribution in [0.1, 0.15) is 34.6 Å². The fourth-order valence-corrected chi connectivity index (χ4v) is 2.29. The van der Waals surface area contributed by atoms with Crippen LogP contribution in [0.3, 0.4) is 0 Å². The molecular formula is C14H28N3O3+. The molecule has 1 heterocycles. The predicted molar refractivity (Wildman–Crippen MR) is 76.6 cm³/mol. The first kappa shape index (κ1) is 16.8. The molecule has 20 heavy (non-hydrogen) atoms. The van der Waals surface area contributed by atoms with Crippen molar-refractivity contribution in [2.75, 3.05) is 32.8 Å². The van der Waals surface area contributed by atoms with Crippen LogP contribution in [0.15, 0.2) is 0 Å². The predicted octanol–water partition coefficient (Wildman–Crippen LogP) is -0.353. The average Bonchev–Trinajstić information content (AvgIpc) is 2.36. The number of ether oxygens (including phenoxy) is 1. The van der Waals surface area contributed by atoms with E-state index in [1.165, 1.54) is 4.90 Å². The van der Waals surface area contributed by atoms with Gasteiger partial charge in [-0.25, -0.2) is 4.79 Å². The summed E-state index contributed by atoms with van der Waals surface area (Å²) in [7, 11) is 0. The van der Waals surface area contributed by atoms with Crippen molar-refractivity contribution in [1.29, 1.82) is 0 Å². The number of piperazine rings is 1. The Morgan fingerprint density at radius 3 is 2.30 bits per heavy atom. The molecule has 2 amide bonds. The molecule has 0 aromatic carbocycles. The van der Waals surface area contributed by atoms with Crippen molar-refractivity contribution in [3.8, 4) is 0 Å². The van der Waals surface area contributed by atoms with Crippen LogP contribution in [0.2, 0.25) is 0 Å². The van der Waals surface area contributed by atoms with E-state index < -0.39 is 0 Å². The molecule has 0 unspecified atom stereocenters. The van der Waals surface area contributed by atoms with Crippen molar-refractivity contribution in [3.05, 3.63) is 0 Å². The lowest BCUT2D eigenvalue weighted by Crippen LogP contribution is -3.19. The van der Waals surface area contributed by atoms with Gasteiger partial charge in [0, 0.05) is 5.54 Å². The second-order valence-corrected chi connectivity index (χ2v) is 6.31. The Hall–Kier alpha value is -1.30. The Labute approximate surface area is 121 Å². The molecule has 1 fully saturated rings. The van der Waals surface area contributed by atoms with E-state index in [9.17, 15) is 9.59 Å². The highest BCUT2D eigenvalue weighted by atomic mass is 16.6. The molecule has 116 valence electrons. The Morgan fingerprint density at radius 2 is 1.85 bits per heavy atom. The first-order valence-corrected chi connectivity index (χ1v) is 7.33. The molecule has 0 aliphatic carbocycles. The number of rotatable bonds is 3. The van der Waals surface area contributed by atoms with Crippen LogP contribution in [0.5, 0.6) is 0 Å². The molecule has 0 saturated carbocycles. The van der Waals surface area contributed by atoms with E-state index in [-0.39, 0.29) is 23.6 Å². The fraction of sp³-hybridized carbons (Fsp3) is 0.857. The van der Waals surface area contributed by atoms with E-state index in [0.29, 0.717) is 19.7 Å². The quantitative estimate of drug-likeness (QED) is 0.745. The fourth-order valence-electron chi connectivity index (χ4n) is 2.29. The Balaban J connectivity index is 2.44. The molecule has 6 heteroatoms. The number of quaternary nitrogens is 1. The van der Waals surface area contributed by atoms with Gasteiger partial charge in [-0.2, -0.15) is 0 Å². The van der Waals surface area contributed by atoms with Crippen molar-refractivity contribution < 1.29 is 19.2 Å². The first-order valence-electron chi connectivity index (χ1n) is 7.33. The number of hydrogen-bond donors (Lipinski definition) is 2. The summed E-state index contributed by atoms with van der Waals surface area (Å²) in [6.45, 7) is 12.9. The van der Waals surface area contributed by atoms with Gasteiger partial charge in [0.2, 0.25) is 0 Å². The van der Waals surface area contributed by atoms with Gasteiger partial charge in [0.1, 0.15) is 0 Å². The zero-order valence-corrected chi connectivity index (χ0v) is 13.3. The minimum Gasteiger partial charge on any atom is -0.450 e. The van der Waals surface area contributed by atoms with E-state index in [1.807, 2.05) is 27.7 Å². The summed E-state index contributed by atoms with van der Waals surface area (Å²) in [5, 5.41) is 3.01. The van der Waals surface area contributed by atoms with Crippen LogP contribution < -0.4 is 10.2 Å². The van der Waals surface area contributed by atoms with Crippen molar-refractivity contribution in [3.63, 3.8) is 0 Å². The van der Waals surface area contributed by atoms with Crippen LogP contribution >= 0.6 is 0 Å². The number of carbonyl (C=O) groups is 2. The molecule has 6 nitrogen and oxygen atoms in total. The molecule has 0 radical (unpaired) electrons. The number of hydrogen-bond acceptors (Lipinski definition) is 3. The number of nitrogens with zero attached hydrogens (tertiary/aromatic N) is 1. The zero-order valence-electron chi connectivity index (χ0n) is 13.3. The minimum absolute atomic E-state index is 0.0667. The highest BCUT2D eigenvalue weighted by molar-refractivity contribution is 5.80. The lowest BCUT2D eigenvalue weighted by atomic mass is 10.1. The van der Waals surface area contributed by atoms with Gasteiger partial charge in [0.15, 0.2) is 6.04 Å². The van der Waals surface area contributed by atoms with Crippen molar-refractivity contribution in [2.24, 2.45) is 0 Å². The molecule has 1 aliphatic rings. The van der Waals surface area contributed by atoms with Crippen LogP contribution in [-0.2, 0) is 9.53 Å². The normalized spacial score (nSPS) is 18.6. The van der Waals surface area contributed by atoms with E-state index >= 15 is 0 Å². The standard InChI is InChI=1S/C14H27N3O3/c1-6-20-13(19)17-9-7-16(8-10-17)11(2)12(18)15-14(3,4)5/h11H,6-10H2,1-5H3,(H,15,18)/p+1/t11-/m1/s1. The minimum atomic E-state index is -0.252. The maximum Gasteiger partial charge on any atom is 0.410 e. The highest BCUT2D eigenvalue weighted by Crippen LogP contribution is 1.99. The summed E-state index contributed by atoms with van der Waals surface area (Å²) in [6, 6.07) is -0.0985. The van der Waals surface area contributed by atoms with E-state index in [2.05, 4.69) is 5.32 Å². The van der Waals surface area contributed by atoms with Crippen LogP contribution in [0.4, 0.5) is 4.79 Å². The molecule has 0 spiro atoms. The number of carbonyl (C=O) groups excluding carboxylic acids is 2. The molecule has 0 bridgehead atoms. The Kier molecular flexibility index (Phi) is 5.80. The summed E-state index contributed by atoms with van der Waals surface area (Å²) < 4.78 is 4.99. The Morgan fingerprint density at radius 1 is 1.30 bits per heavy atom. The van der Waals surface area contributed by atoms with Gasteiger partial charge < -0.3 is 15.0 Å². The summed E-state index contributed by atoms with van der Waals surface area (Å²) in [5.74, 6) is 0.0667. The highest BCUT2D eigenvalue weighted by Gasteiger charge is 2.32. The van der Waals surface area contributed by atoms with E-state index in [4.69, 9.17) is 4.74 Å². The van der Waals surface area contributed by atoms with Gasteiger partial charge in [-0.3, -0.25) is 9.69 Å². The maximum atomic E-state index is 12.1. The molecule has 2 N–H and O–H groups in total. The molecule has 1 rings (SSSR count). The third-order valence-electron chi connectivity index (χ3n) is 3.44. The van der Waals surface area contributed by atoms with E-state index in [1.54, 1.807) is 11.8 Å². The molecule has 0 aromatic heterocycles. The van der Waals surface area contributed by atoms with Crippen molar-refractivity contribution in [1.82, 2.24) is 10.2 Å². The maximum absolute atomic E-state index is 12.1. The number of nitrogens with one attached hydrogen (secondary N) is 2. The molecule has 1 atom stereocenters. The number of amides is 2. The summed E-state index contributed by atoms with van der Waals surface area (Å²) in [5.41, 5.74) is -0.211. The van der Waals surface area contributed by atoms with Crippen LogP contribution in [0.25, 0.3) is 0 Å². The van der Waals surface area contributed by atoms with Crippen LogP contribution in [0, 0.1) is 0 Å². The smallest absolute Gasteiger partial charge is 0.410 e. The third-order valence-corrected chi connectivity index (χ3v) is 3.44. The van der Waals surface area contributed by atoms with Gasteiger partial charge in [-0.05, 0) is 34.6 Å².